The van der Waals surface area contributed by atoms with E-state index in [1.807, 2.05) is 0 Å². The van der Waals surface area contributed by atoms with Gasteiger partial charge in [-0.25, -0.2) is 14.6 Å². The summed E-state index contributed by atoms with van der Waals surface area (Å²) in [5.74, 6) is -3.32. The molecule has 39 heavy (non-hydrogen) atoms. The first-order valence-electron chi connectivity index (χ1n) is 11.4. The molecule has 0 aliphatic carbocycles. The summed E-state index contributed by atoms with van der Waals surface area (Å²) in [6.45, 7) is -0.674. The van der Waals surface area contributed by atoms with E-state index in [1.54, 1.807) is 35.7 Å². The average molecular weight is 547 g/mol. The Morgan fingerprint density at radius 2 is 1.67 bits per heavy atom. The number of guanidine groups is 1. The molecular formula is C27H22N4O7S. The number of nitrogens with zero attached hydrogens (tertiary/aromatic N) is 2. The van der Waals surface area contributed by atoms with Gasteiger partial charge in [-0.1, -0.05) is 12.1 Å². The number of hydrogen-bond acceptors (Lipinski definition) is 7. The van der Waals surface area contributed by atoms with Crippen LogP contribution in [0.1, 0.15) is 36.6 Å². The predicted molar refractivity (Wildman–Crippen MR) is 144 cm³/mol. The Hall–Kier alpha value is -5.23. The summed E-state index contributed by atoms with van der Waals surface area (Å²) in [5.41, 5.74) is 12.2. The van der Waals surface area contributed by atoms with Crippen molar-refractivity contribution >= 4 is 56.9 Å². The van der Waals surface area contributed by atoms with E-state index in [1.165, 1.54) is 47.7 Å². The van der Waals surface area contributed by atoms with Crippen LogP contribution in [0.25, 0.3) is 10.1 Å². The van der Waals surface area contributed by atoms with Gasteiger partial charge in [0.05, 0.1) is 22.4 Å². The quantitative estimate of drug-likeness (QED) is 0.106. The van der Waals surface area contributed by atoms with Gasteiger partial charge in [0.1, 0.15) is 12.3 Å². The van der Waals surface area contributed by atoms with Crippen LogP contribution < -0.4 is 16.2 Å². The van der Waals surface area contributed by atoms with Gasteiger partial charge < -0.3 is 31.3 Å². The minimum atomic E-state index is -1.21. The van der Waals surface area contributed by atoms with Crippen LogP contribution in [0.4, 0.5) is 5.69 Å². The van der Waals surface area contributed by atoms with Gasteiger partial charge in [0, 0.05) is 22.0 Å². The van der Waals surface area contributed by atoms with Crippen molar-refractivity contribution in [3.05, 3.63) is 94.4 Å². The van der Waals surface area contributed by atoms with Crippen LogP contribution in [0.15, 0.2) is 77.1 Å². The van der Waals surface area contributed by atoms with E-state index in [0.29, 0.717) is 21.3 Å². The molecule has 6 N–H and O–H groups in total. The molecule has 4 aromatic rings. The lowest BCUT2D eigenvalue weighted by Gasteiger charge is -2.21. The standard InChI is InChI=1S/C27H22N4O7S/c28-27(29)30-18-6-4-16(5-7-18)26(37)38-19-8-9-20-21(14-39-22(20)11-19)24(34)31(13-23(32)33)12-15-2-1-3-17(10-15)25(35)36/h1-11,14H,12-13H2,(H,32,33)(H,35,36)(H4,28,29,30). The Morgan fingerprint density at radius 3 is 2.33 bits per heavy atom. The molecule has 0 saturated heterocycles. The number of carboxylic acids is 2. The fourth-order valence-electron chi connectivity index (χ4n) is 3.78. The molecule has 0 aliphatic heterocycles. The molecule has 0 aliphatic rings. The zero-order chi connectivity index (χ0) is 28.1. The second-order valence-corrected chi connectivity index (χ2v) is 9.25. The van der Waals surface area contributed by atoms with Gasteiger partial charge in [-0.15, -0.1) is 11.3 Å². The normalized spacial score (nSPS) is 10.6. The molecule has 3 aromatic carbocycles. The Kier molecular flexibility index (Phi) is 7.87. The van der Waals surface area contributed by atoms with Crippen molar-refractivity contribution in [1.29, 1.82) is 0 Å². The van der Waals surface area contributed by atoms with Crippen LogP contribution in [0.5, 0.6) is 5.75 Å². The van der Waals surface area contributed by atoms with E-state index in [9.17, 15) is 29.4 Å². The number of carboxylic acid groups (broad SMARTS) is 2. The topological polar surface area (TPSA) is 186 Å². The summed E-state index contributed by atoms with van der Waals surface area (Å²) in [4.78, 5) is 53.7. The van der Waals surface area contributed by atoms with E-state index in [-0.39, 0.29) is 34.9 Å². The Bertz CT molecular complexity index is 1610. The minimum Gasteiger partial charge on any atom is -0.480 e. The molecule has 0 fully saturated rings. The molecule has 1 amide bonds. The number of aliphatic carboxylic acids is 1. The molecule has 0 spiro atoms. The molecule has 0 atom stereocenters. The number of thiophene rings is 1. The highest BCUT2D eigenvalue weighted by Crippen LogP contribution is 2.31. The second-order valence-electron chi connectivity index (χ2n) is 8.34. The first-order chi connectivity index (χ1) is 18.6. The summed E-state index contributed by atoms with van der Waals surface area (Å²) in [7, 11) is 0. The zero-order valence-electron chi connectivity index (χ0n) is 20.2. The molecule has 0 saturated carbocycles. The summed E-state index contributed by atoms with van der Waals surface area (Å²) in [5, 5.41) is 20.8. The van der Waals surface area contributed by atoms with Gasteiger partial charge in [-0.2, -0.15) is 0 Å². The maximum absolute atomic E-state index is 13.4. The molecule has 0 radical (unpaired) electrons. The zero-order valence-corrected chi connectivity index (χ0v) is 21.1. The van der Waals surface area contributed by atoms with Gasteiger partial charge in [0.2, 0.25) is 0 Å². The van der Waals surface area contributed by atoms with Crippen LogP contribution in [0, 0.1) is 0 Å². The molecule has 11 nitrogen and oxygen atoms in total. The highest BCUT2D eigenvalue weighted by atomic mass is 32.1. The Labute approximate surface area is 225 Å². The van der Waals surface area contributed by atoms with Crippen molar-refractivity contribution in [2.24, 2.45) is 16.5 Å². The number of fused-ring (bicyclic) bond motifs is 1. The molecule has 1 aromatic heterocycles. The summed E-state index contributed by atoms with van der Waals surface area (Å²) >= 11 is 1.23. The van der Waals surface area contributed by atoms with E-state index in [0.717, 1.165) is 4.90 Å². The third kappa shape index (κ3) is 6.56. The van der Waals surface area contributed by atoms with Crippen molar-refractivity contribution in [2.45, 2.75) is 6.54 Å². The van der Waals surface area contributed by atoms with E-state index < -0.39 is 30.4 Å². The first-order valence-corrected chi connectivity index (χ1v) is 12.2. The molecule has 4 rings (SSSR count). The predicted octanol–water partition coefficient (Wildman–Crippen LogP) is 3.45. The van der Waals surface area contributed by atoms with E-state index in [4.69, 9.17) is 16.2 Å². The average Bonchev–Trinajstić information content (AvgIpc) is 3.31. The second kappa shape index (κ2) is 11.4. The van der Waals surface area contributed by atoms with E-state index in [2.05, 4.69) is 4.99 Å². The van der Waals surface area contributed by atoms with Gasteiger partial charge >= 0.3 is 17.9 Å². The third-order valence-corrected chi connectivity index (χ3v) is 6.46. The van der Waals surface area contributed by atoms with Gasteiger partial charge in [0.25, 0.3) is 5.91 Å². The lowest BCUT2D eigenvalue weighted by atomic mass is 10.1. The number of benzene rings is 3. The Balaban J connectivity index is 1.54. The number of aliphatic imine (C=N–C) groups is 1. The van der Waals surface area contributed by atoms with Crippen LogP contribution in [0.2, 0.25) is 0 Å². The van der Waals surface area contributed by atoms with Crippen molar-refractivity contribution in [3.8, 4) is 5.75 Å². The summed E-state index contributed by atoms with van der Waals surface area (Å²) in [6.07, 6.45) is 0. The highest BCUT2D eigenvalue weighted by molar-refractivity contribution is 7.17. The number of carbonyl (C=O) groups is 4. The summed E-state index contributed by atoms with van der Waals surface area (Å²) in [6, 6.07) is 16.9. The van der Waals surface area contributed by atoms with Crippen LogP contribution in [-0.2, 0) is 11.3 Å². The fourth-order valence-corrected chi connectivity index (χ4v) is 4.74. The molecule has 0 unspecified atom stereocenters. The maximum atomic E-state index is 13.4. The van der Waals surface area contributed by atoms with Crippen LogP contribution >= 0.6 is 11.3 Å². The molecule has 0 bridgehead atoms. The minimum absolute atomic E-state index is 0.0305. The number of esters is 1. The van der Waals surface area contributed by atoms with E-state index >= 15 is 0 Å². The number of carbonyl (C=O) groups excluding carboxylic acids is 2. The number of amides is 1. The lowest BCUT2D eigenvalue weighted by Crippen LogP contribution is -2.35. The molecular weight excluding hydrogens is 524 g/mol. The monoisotopic (exact) mass is 546 g/mol. The number of nitrogens with two attached hydrogens (primary N) is 2. The number of rotatable bonds is 9. The van der Waals surface area contributed by atoms with Gasteiger partial charge in [-0.3, -0.25) is 9.59 Å². The fraction of sp³-hybridized carbons (Fsp3) is 0.0741. The highest BCUT2D eigenvalue weighted by Gasteiger charge is 2.23. The smallest absolute Gasteiger partial charge is 0.343 e. The number of ether oxygens (including phenoxy) is 1. The number of aromatic carboxylic acids is 1. The summed E-state index contributed by atoms with van der Waals surface area (Å²) < 4.78 is 6.12. The SMILES string of the molecule is NC(N)=Nc1ccc(C(=O)Oc2ccc3c(C(=O)N(CC(=O)O)Cc4cccc(C(=O)O)c4)csc3c2)cc1. The van der Waals surface area contributed by atoms with Gasteiger partial charge in [0.15, 0.2) is 5.96 Å². The van der Waals surface area contributed by atoms with Crippen molar-refractivity contribution < 1.29 is 34.1 Å². The van der Waals surface area contributed by atoms with Crippen molar-refractivity contribution in [3.63, 3.8) is 0 Å². The lowest BCUT2D eigenvalue weighted by molar-refractivity contribution is -0.137. The Morgan fingerprint density at radius 1 is 0.923 bits per heavy atom. The van der Waals surface area contributed by atoms with Crippen LogP contribution in [0.3, 0.4) is 0 Å². The molecule has 12 heteroatoms. The third-order valence-electron chi connectivity index (χ3n) is 5.51. The first kappa shape index (κ1) is 26.8. The van der Waals surface area contributed by atoms with Crippen LogP contribution in [-0.4, -0.2) is 51.4 Å². The molecule has 198 valence electrons. The molecule has 1 heterocycles. The maximum Gasteiger partial charge on any atom is 0.343 e. The van der Waals surface area contributed by atoms with Crippen molar-refractivity contribution in [2.75, 3.05) is 6.54 Å². The van der Waals surface area contributed by atoms with Crippen molar-refractivity contribution in [1.82, 2.24) is 4.90 Å². The van der Waals surface area contributed by atoms with Gasteiger partial charge in [-0.05, 0) is 60.2 Å². The number of hydrogen-bond donors (Lipinski definition) is 4. The largest absolute Gasteiger partial charge is 0.480 e.